The van der Waals surface area contributed by atoms with E-state index in [1.165, 1.54) is 23.9 Å². The number of rotatable bonds is 7. The zero-order valence-electron chi connectivity index (χ0n) is 15.0. The fourth-order valence-corrected chi connectivity index (χ4v) is 3.86. The van der Waals surface area contributed by atoms with E-state index in [1.807, 2.05) is 36.6 Å². The fourth-order valence-electron chi connectivity index (χ4n) is 2.48. The summed E-state index contributed by atoms with van der Waals surface area (Å²) in [6.07, 6.45) is 0. The fraction of sp³-hybridized carbons (Fsp3) is 0.200. The predicted octanol–water partition coefficient (Wildman–Crippen LogP) is 4.92. The van der Waals surface area contributed by atoms with Gasteiger partial charge in [-0.1, -0.05) is 0 Å². The zero-order chi connectivity index (χ0) is 19.2. The van der Waals surface area contributed by atoms with Gasteiger partial charge in [-0.15, -0.1) is 23.1 Å². The Bertz CT molecular complexity index is 895. The summed E-state index contributed by atoms with van der Waals surface area (Å²) in [5, 5.41) is 2.89. The van der Waals surface area contributed by atoms with Gasteiger partial charge in [0.25, 0.3) is 0 Å². The number of carbonyl (C=O) groups excluding carboxylic acids is 1. The molecule has 0 saturated carbocycles. The third-order valence-corrected chi connectivity index (χ3v) is 5.67. The lowest BCUT2D eigenvalue weighted by Gasteiger charge is -2.22. The van der Waals surface area contributed by atoms with E-state index >= 15 is 0 Å². The Morgan fingerprint density at radius 2 is 1.89 bits per heavy atom. The number of methoxy groups -OCH3 is 1. The quantitative estimate of drug-likeness (QED) is 0.526. The molecule has 7 heteroatoms. The highest BCUT2D eigenvalue weighted by molar-refractivity contribution is 8.00. The molecule has 0 spiro atoms. The first-order valence-corrected chi connectivity index (χ1v) is 10.2. The zero-order valence-corrected chi connectivity index (χ0v) is 16.6. The van der Waals surface area contributed by atoms with E-state index in [0.29, 0.717) is 12.2 Å². The smallest absolute Gasteiger partial charge is 0.237 e. The van der Waals surface area contributed by atoms with Crippen molar-refractivity contribution in [1.29, 1.82) is 0 Å². The number of aromatic nitrogens is 1. The van der Waals surface area contributed by atoms with Crippen molar-refractivity contribution in [2.45, 2.75) is 18.4 Å². The van der Waals surface area contributed by atoms with Crippen molar-refractivity contribution in [3.63, 3.8) is 0 Å². The summed E-state index contributed by atoms with van der Waals surface area (Å²) in [7, 11) is 1.62. The lowest BCUT2D eigenvalue weighted by Crippen LogP contribution is -2.32. The number of nitrogens with zero attached hydrogens (tertiary/aromatic N) is 2. The van der Waals surface area contributed by atoms with Crippen LogP contribution in [0.3, 0.4) is 0 Å². The summed E-state index contributed by atoms with van der Waals surface area (Å²) in [5.41, 5.74) is 1.48. The van der Waals surface area contributed by atoms with Crippen LogP contribution in [0, 0.1) is 12.7 Å². The van der Waals surface area contributed by atoms with Crippen molar-refractivity contribution < 1.29 is 13.9 Å². The van der Waals surface area contributed by atoms with Gasteiger partial charge in [-0.2, -0.15) is 0 Å². The minimum atomic E-state index is -0.330. The Balaban J connectivity index is 1.73. The standard InChI is InChI=1S/C20H19FN2O2S2/c1-14-22-16(12-26-14)11-23(17-5-3-15(21)4-6-17)20(24)13-27-19-9-7-18(25-2)8-10-19/h3-10,12H,11,13H2,1-2H3. The lowest BCUT2D eigenvalue weighted by molar-refractivity contribution is -0.116. The number of amides is 1. The summed E-state index contributed by atoms with van der Waals surface area (Å²) in [6, 6.07) is 13.5. The molecule has 3 aromatic rings. The topological polar surface area (TPSA) is 42.4 Å². The van der Waals surface area contributed by atoms with E-state index in [1.54, 1.807) is 35.5 Å². The van der Waals surface area contributed by atoms with Crippen molar-refractivity contribution >= 4 is 34.7 Å². The van der Waals surface area contributed by atoms with Gasteiger partial charge in [-0.3, -0.25) is 4.79 Å². The molecule has 0 unspecified atom stereocenters. The van der Waals surface area contributed by atoms with Crippen LogP contribution in [-0.4, -0.2) is 23.8 Å². The molecular weight excluding hydrogens is 383 g/mol. The highest BCUT2D eigenvalue weighted by atomic mass is 32.2. The monoisotopic (exact) mass is 402 g/mol. The molecule has 0 aliphatic heterocycles. The number of thiazole rings is 1. The molecule has 140 valence electrons. The predicted molar refractivity (Wildman–Crippen MR) is 108 cm³/mol. The lowest BCUT2D eigenvalue weighted by atomic mass is 10.2. The van der Waals surface area contributed by atoms with E-state index in [0.717, 1.165) is 21.3 Å². The first-order chi connectivity index (χ1) is 13.0. The molecule has 0 atom stereocenters. The van der Waals surface area contributed by atoms with Crippen LogP contribution in [0.25, 0.3) is 0 Å². The van der Waals surface area contributed by atoms with Crippen LogP contribution in [0.15, 0.2) is 58.8 Å². The molecule has 1 amide bonds. The number of halogens is 1. The maximum atomic E-state index is 13.3. The summed E-state index contributed by atoms with van der Waals surface area (Å²) in [6.45, 7) is 2.29. The number of hydrogen-bond donors (Lipinski definition) is 0. The molecule has 0 aliphatic rings. The van der Waals surface area contributed by atoms with E-state index < -0.39 is 0 Å². The summed E-state index contributed by atoms with van der Waals surface area (Å²) < 4.78 is 18.4. The second-order valence-electron chi connectivity index (χ2n) is 5.78. The first-order valence-electron chi connectivity index (χ1n) is 8.29. The third-order valence-electron chi connectivity index (χ3n) is 3.85. The minimum absolute atomic E-state index is 0.0620. The summed E-state index contributed by atoms with van der Waals surface area (Å²) in [4.78, 5) is 20.0. The summed E-state index contributed by atoms with van der Waals surface area (Å²) >= 11 is 2.99. The van der Waals surface area contributed by atoms with Gasteiger partial charge in [0.05, 0.1) is 30.1 Å². The Morgan fingerprint density at radius 1 is 1.19 bits per heavy atom. The average molecular weight is 403 g/mol. The van der Waals surface area contributed by atoms with Crippen molar-refractivity contribution in [3.8, 4) is 5.75 Å². The van der Waals surface area contributed by atoms with Gasteiger partial charge in [-0.05, 0) is 55.5 Å². The molecule has 27 heavy (non-hydrogen) atoms. The second kappa shape index (κ2) is 9.01. The van der Waals surface area contributed by atoms with Gasteiger partial charge in [-0.25, -0.2) is 9.37 Å². The van der Waals surface area contributed by atoms with Crippen LogP contribution in [0.1, 0.15) is 10.7 Å². The van der Waals surface area contributed by atoms with Crippen LogP contribution in [-0.2, 0) is 11.3 Å². The molecule has 0 fully saturated rings. The van der Waals surface area contributed by atoms with E-state index in [-0.39, 0.29) is 17.5 Å². The second-order valence-corrected chi connectivity index (χ2v) is 7.89. The van der Waals surface area contributed by atoms with Gasteiger partial charge in [0.15, 0.2) is 0 Å². The normalized spacial score (nSPS) is 10.6. The van der Waals surface area contributed by atoms with Crippen LogP contribution >= 0.6 is 23.1 Å². The van der Waals surface area contributed by atoms with Gasteiger partial charge in [0.1, 0.15) is 11.6 Å². The average Bonchev–Trinajstić information content (AvgIpc) is 3.10. The number of hydrogen-bond acceptors (Lipinski definition) is 5. The number of thioether (sulfide) groups is 1. The molecular formula is C20H19FN2O2S2. The van der Waals surface area contributed by atoms with Crippen molar-refractivity contribution in [2.75, 3.05) is 17.8 Å². The Kier molecular flexibility index (Phi) is 6.47. The maximum absolute atomic E-state index is 13.3. The molecule has 0 bridgehead atoms. The number of anilines is 1. The largest absolute Gasteiger partial charge is 0.497 e. The highest BCUT2D eigenvalue weighted by Crippen LogP contribution is 2.24. The number of ether oxygens (including phenoxy) is 1. The Labute approximate surface area is 166 Å². The van der Waals surface area contributed by atoms with Gasteiger partial charge in [0, 0.05) is 16.0 Å². The number of aryl methyl sites for hydroxylation is 1. The molecule has 3 rings (SSSR count). The van der Waals surface area contributed by atoms with Crippen LogP contribution in [0.4, 0.5) is 10.1 Å². The molecule has 0 aliphatic carbocycles. The molecule has 4 nitrogen and oxygen atoms in total. The van der Waals surface area contributed by atoms with Crippen LogP contribution < -0.4 is 9.64 Å². The SMILES string of the molecule is COc1ccc(SCC(=O)N(Cc2csc(C)n2)c2ccc(F)cc2)cc1. The van der Waals surface area contributed by atoms with Crippen molar-refractivity contribution in [3.05, 3.63) is 70.4 Å². The van der Waals surface area contributed by atoms with E-state index in [9.17, 15) is 9.18 Å². The molecule has 0 saturated heterocycles. The summed E-state index contributed by atoms with van der Waals surface area (Å²) in [5.74, 6) is 0.654. The van der Waals surface area contributed by atoms with Gasteiger partial charge < -0.3 is 9.64 Å². The molecule has 2 aromatic carbocycles. The molecule has 0 radical (unpaired) electrons. The van der Waals surface area contributed by atoms with Crippen LogP contribution in [0.5, 0.6) is 5.75 Å². The van der Waals surface area contributed by atoms with E-state index in [4.69, 9.17) is 4.74 Å². The highest BCUT2D eigenvalue weighted by Gasteiger charge is 2.18. The third kappa shape index (κ3) is 5.30. The first kappa shape index (κ1) is 19.4. The number of carbonyl (C=O) groups is 1. The van der Waals surface area contributed by atoms with Gasteiger partial charge >= 0.3 is 0 Å². The Hall–Kier alpha value is -2.38. The number of benzene rings is 2. The van der Waals surface area contributed by atoms with Crippen LogP contribution in [0.2, 0.25) is 0 Å². The van der Waals surface area contributed by atoms with Crippen molar-refractivity contribution in [1.82, 2.24) is 4.98 Å². The van der Waals surface area contributed by atoms with E-state index in [2.05, 4.69) is 4.98 Å². The molecule has 0 N–H and O–H groups in total. The Morgan fingerprint density at radius 3 is 2.48 bits per heavy atom. The molecule has 1 aromatic heterocycles. The minimum Gasteiger partial charge on any atom is -0.497 e. The van der Waals surface area contributed by atoms with Gasteiger partial charge in [0.2, 0.25) is 5.91 Å². The maximum Gasteiger partial charge on any atom is 0.237 e. The molecule has 1 heterocycles. The van der Waals surface area contributed by atoms with Crippen molar-refractivity contribution in [2.24, 2.45) is 0 Å².